The lowest BCUT2D eigenvalue weighted by Gasteiger charge is -2.12. The summed E-state index contributed by atoms with van der Waals surface area (Å²) < 4.78 is 53.8. The lowest BCUT2D eigenvalue weighted by Crippen LogP contribution is -2.18. The first kappa shape index (κ1) is 17.7. The van der Waals surface area contributed by atoms with Crippen LogP contribution in [0.25, 0.3) is 0 Å². The molecule has 0 atom stereocenters. The molecule has 0 spiro atoms. The summed E-state index contributed by atoms with van der Waals surface area (Å²) in [4.78, 5) is -0.199. The second kappa shape index (κ2) is 6.63. The number of anilines is 1. The van der Waals surface area contributed by atoms with Gasteiger partial charge in [-0.25, -0.2) is 22.0 Å². The van der Waals surface area contributed by atoms with Crippen LogP contribution in [0.1, 0.15) is 20.3 Å². The van der Waals surface area contributed by atoms with Gasteiger partial charge in [0.25, 0.3) is 0 Å². The minimum atomic E-state index is -3.93. The van der Waals surface area contributed by atoms with Gasteiger partial charge < -0.3 is 4.74 Å². The van der Waals surface area contributed by atoms with Crippen LogP contribution in [0.5, 0.6) is 5.75 Å². The summed E-state index contributed by atoms with van der Waals surface area (Å²) in [6.07, 6.45) is 0.529. The molecule has 0 aliphatic carbocycles. The average Bonchev–Trinajstić information content (AvgIpc) is 2.34. The van der Waals surface area contributed by atoms with E-state index in [1.54, 1.807) is 0 Å². The first-order chi connectivity index (χ1) is 9.55. The van der Waals surface area contributed by atoms with E-state index in [2.05, 4.69) is 4.72 Å². The van der Waals surface area contributed by atoms with Crippen LogP contribution in [0.2, 0.25) is 0 Å². The monoisotopic (exact) mass is 336 g/mol. The fraction of sp³-hybridized carbons (Fsp3) is 0.500. The van der Waals surface area contributed by atoms with Crippen molar-refractivity contribution in [3.8, 4) is 5.75 Å². The molecule has 0 aliphatic rings. The zero-order valence-corrected chi connectivity index (χ0v) is 13.8. The highest BCUT2D eigenvalue weighted by molar-refractivity contribution is 7.92. The van der Waals surface area contributed by atoms with Crippen LogP contribution < -0.4 is 14.6 Å². The maximum atomic E-state index is 11.9. The highest BCUT2D eigenvalue weighted by atomic mass is 32.2. The summed E-state index contributed by atoms with van der Waals surface area (Å²) in [5.41, 5.74) is 0.225. The molecule has 7 nitrogen and oxygen atoms in total. The Hall–Kier alpha value is -1.32. The summed E-state index contributed by atoms with van der Waals surface area (Å²) >= 11 is 0. The Morgan fingerprint density at radius 2 is 1.86 bits per heavy atom. The molecule has 0 radical (unpaired) electrons. The van der Waals surface area contributed by atoms with E-state index >= 15 is 0 Å². The Morgan fingerprint density at radius 1 is 1.24 bits per heavy atom. The SMILES string of the molecule is COc1cc(NS(=O)(=O)CCC(C)C)ccc1S(N)(=O)=O. The zero-order chi connectivity index (χ0) is 16.3. The fourth-order valence-electron chi connectivity index (χ4n) is 1.59. The van der Waals surface area contributed by atoms with Crippen LogP contribution >= 0.6 is 0 Å². The molecule has 9 heteroatoms. The quantitative estimate of drug-likeness (QED) is 0.774. The third-order valence-corrected chi connectivity index (χ3v) is 4.98. The second-order valence-corrected chi connectivity index (χ2v) is 8.39. The summed E-state index contributed by atoms with van der Waals surface area (Å²) in [5.74, 6) is 0.242. The van der Waals surface area contributed by atoms with E-state index in [0.717, 1.165) is 0 Å². The van der Waals surface area contributed by atoms with E-state index in [4.69, 9.17) is 9.88 Å². The Bertz CT molecular complexity index is 696. The minimum absolute atomic E-state index is 0.01000. The Kier molecular flexibility index (Phi) is 5.60. The third-order valence-electron chi connectivity index (χ3n) is 2.71. The molecule has 1 rings (SSSR count). The zero-order valence-electron chi connectivity index (χ0n) is 12.2. The molecule has 120 valence electrons. The lowest BCUT2D eigenvalue weighted by molar-refractivity contribution is 0.403. The Labute approximate surface area is 125 Å². The molecule has 0 saturated heterocycles. The number of methoxy groups -OCH3 is 1. The molecular formula is C12H20N2O5S2. The minimum Gasteiger partial charge on any atom is -0.495 e. The Morgan fingerprint density at radius 3 is 2.33 bits per heavy atom. The maximum absolute atomic E-state index is 11.9. The molecule has 3 N–H and O–H groups in total. The summed E-state index contributed by atoms with van der Waals surface area (Å²) in [7, 11) is -6.14. The van der Waals surface area contributed by atoms with Crippen LogP contribution in [0.15, 0.2) is 23.1 Å². The van der Waals surface area contributed by atoms with Gasteiger partial charge in [0.15, 0.2) is 0 Å². The molecule has 0 heterocycles. The van der Waals surface area contributed by atoms with Crippen molar-refractivity contribution in [3.63, 3.8) is 0 Å². The van der Waals surface area contributed by atoms with E-state index in [0.29, 0.717) is 6.42 Å². The van der Waals surface area contributed by atoms with Crippen molar-refractivity contribution >= 4 is 25.7 Å². The van der Waals surface area contributed by atoms with Gasteiger partial charge in [-0.1, -0.05) is 13.8 Å². The first-order valence-corrected chi connectivity index (χ1v) is 9.46. The van der Waals surface area contributed by atoms with Gasteiger partial charge in [-0.15, -0.1) is 0 Å². The topological polar surface area (TPSA) is 116 Å². The summed E-state index contributed by atoms with van der Waals surface area (Å²) in [6.45, 7) is 3.86. The van der Waals surface area contributed by atoms with Crippen molar-refractivity contribution < 1.29 is 21.6 Å². The largest absolute Gasteiger partial charge is 0.495 e. The molecule has 0 amide bonds. The van der Waals surface area contributed by atoms with Crippen LogP contribution in [-0.2, 0) is 20.0 Å². The number of ether oxygens (including phenoxy) is 1. The standard InChI is InChI=1S/C12H20N2O5S2/c1-9(2)6-7-20(15,16)14-10-4-5-12(21(13,17)18)11(8-10)19-3/h4-5,8-9,14H,6-7H2,1-3H3,(H2,13,17,18). The van der Waals surface area contributed by atoms with Gasteiger partial charge in [-0.3, -0.25) is 4.72 Å². The van der Waals surface area contributed by atoms with Crippen LogP contribution in [0, 0.1) is 5.92 Å². The molecule has 0 unspecified atom stereocenters. The van der Waals surface area contributed by atoms with Crippen molar-refractivity contribution in [2.24, 2.45) is 11.1 Å². The smallest absolute Gasteiger partial charge is 0.241 e. The van der Waals surface area contributed by atoms with Gasteiger partial charge in [0.2, 0.25) is 20.0 Å². The van der Waals surface area contributed by atoms with E-state index in [9.17, 15) is 16.8 Å². The summed E-state index contributed by atoms with van der Waals surface area (Å²) in [5, 5.41) is 5.05. The highest BCUT2D eigenvalue weighted by Gasteiger charge is 2.17. The van der Waals surface area contributed by atoms with Gasteiger partial charge in [-0.2, -0.15) is 0 Å². The Balaban J connectivity index is 3.01. The normalized spacial score (nSPS) is 12.4. The number of nitrogens with two attached hydrogens (primary N) is 1. The summed E-state index contributed by atoms with van der Waals surface area (Å²) in [6, 6.07) is 3.82. The predicted molar refractivity (Wildman–Crippen MR) is 81.2 cm³/mol. The van der Waals surface area contributed by atoms with Crippen molar-refractivity contribution in [2.45, 2.75) is 25.2 Å². The van der Waals surface area contributed by atoms with Gasteiger partial charge >= 0.3 is 0 Å². The van der Waals surface area contributed by atoms with Gasteiger partial charge in [-0.05, 0) is 24.5 Å². The molecule has 0 aromatic heterocycles. The van der Waals surface area contributed by atoms with Crippen molar-refractivity contribution in [1.82, 2.24) is 0 Å². The number of hydrogen-bond donors (Lipinski definition) is 2. The number of sulfonamides is 2. The van der Waals surface area contributed by atoms with Gasteiger partial charge in [0.05, 0.1) is 18.6 Å². The average molecular weight is 336 g/mol. The molecule has 0 fully saturated rings. The second-order valence-electron chi connectivity index (χ2n) is 5.01. The molecule has 0 saturated carbocycles. The van der Waals surface area contributed by atoms with E-state index < -0.39 is 20.0 Å². The number of benzene rings is 1. The number of hydrogen-bond acceptors (Lipinski definition) is 5. The van der Waals surface area contributed by atoms with Crippen LogP contribution in [-0.4, -0.2) is 29.7 Å². The molecule has 1 aromatic rings. The van der Waals surface area contributed by atoms with Crippen molar-refractivity contribution in [1.29, 1.82) is 0 Å². The van der Waals surface area contributed by atoms with Gasteiger partial charge in [0, 0.05) is 6.07 Å². The third kappa shape index (κ3) is 5.52. The van der Waals surface area contributed by atoms with E-state index in [1.807, 2.05) is 13.8 Å². The first-order valence-electron chi connectivity index (χ1n) is 6.26. The van der Waals surface area contributed by atoms with Crippen LogP contribution in [0.3, 0.4) is 0 Å². The van der Waals surface area contributed by atoms with E-state index in [1.165, 1.54) is 25.3 Å². The molecule has 1 aromatic carbocycles. The number of primary sulfonamides is 1. The molecule has 0 bridgehead atoms. The van der Waals surface area contributed by atoms with Crippen molar-refractivity contribution in [2.75, 3.05) is 17.6 Å². The number of rotatable bonds is 7. The van der Waals surface area contributed by atoms with E-state index in [-0.39, 0.29) is 28.0 Å². The molecule has 21 heavy (non-hydrogen) atoms. The van der Waals surface area contributed by atoms with Crippen molar-refractivity contribution in [3.05, 3.63) is 18.2 Å². The molecule has 0 aliphatic heterocycles. The predicted octanol–water partition coefficient (Wildman–Crippen LogP) is 1.13. The highest BCUT2D eigenvalue weighted by Crippen LogP contribution is 2.26. The number of nitrogens with one attached hydrogen (secondary N) is 1. The maximum Gasteiger partial charge on any atom is 0.241 e. The molecular weight excluding hydrogens is 316 g/mol. The van der Waals surface area contributed by atoms with Crippen LogP contribution in [0.4, 0.5) is 5.69 Å². The van der Waals surface area contributed by atoms with Gasteiger partial charge in [0.1, 0.15) is 10.6 Å². The fourth-order valence-corrected chi connectivity index (χ4v) is 3.64. The lowest BCUT2D eigenvalue weighted by atomic mass is 10.2.